The molecule has 0 amide bonds. The number of benzene rings is 1. The molecule has 2 heterocycles. The van der Waals surface area contributed by atoms with Gasteiger partial charge in [-0.3, -0.25) is 0 Å². The number of fused-ring (bicyclic) bond motifs is 1. The molecule has 1 aliphatic heterocycles. The van der Waals surface area contributed by atoms with Crippen LogP contribution in [0.5, 0.6) is 11.5 Å². The maximum Gasteiger partial charge on any atom is 0.258 e. The van der Waals surface area contributed by atoms with Gasteiger partial charge in [-0.1, -0.05) is 5.16 Å². The fraction of sp³-hybridized carbons (Fsp3) is 0.333. The van der Waals surface area contributed by atoms with E-state index in [4.69, 9.17) is 19.7 Å². The summed E-state index contributed by atoms with van der Waals surface area (Å²) in [6, 6.07) is 5.54. The zero-order chi connectivity index (χ0) is 12.4. The molecule has 0 saturated carbocycles. The van der Waals surface area contributed by atoms with E-state index in [1.807, 2.05) is 18.2 Å². The Balaban J connectivity index is 1.83. The minimum Gasteiger partial charge on any atom is -0.454 e. The van der Waals surface area contributed by atoms with Crippen LogP contribution in [0.4, 0.5) is 0 Å². The Morgan fingerprint density at radius 1 is 1.22 bits per heavy atom. The van der Waals surface area contributed by atoms with E-state index >= 15 is 0 Å². The molecule has 1 aromatic heterocycles. The molecule has 2 aromatic rings. The van der Waals surface area contributed by atoms with Gasteiger partial charge in [0.15, 0.2) is 17.3 Å². The molecule has 1 aliphatic rings. The van der Waals surface area contributed by atoms with Gasteiger partial charge in [0.1, 0.15) is 0 Å². The number of aryl methyl sites for hydroxylation is 1. The Kier molecular flexibility index (Phi) is 2.85. The monoisotopic (exact) mass is 247 g/mol. The van der Waals surface area contributed by atoms with Gasteiger partial charge < -0.3 is 19.7 Å². The van der Waals surface area contributed by atoms with Crippen LogP contribution in [0.2, 0.25) is 0 Å². The highest BCUT2D eigenvalue weighted by Gasteiger charge is 2.16. The maximum absolute atomic E-state index is 5.44. The molecule has 0 atom stereocenters. The number of hydrogen-bond acceptors (Lipinski definition) is 6. The van der Waals surface area contributed by atoms with Crippen LogP contribution in [-0.2, 0) is 6.42 Å². The standard InChI is InChI=1S/C12H13N3O3/c13-5-1-2-11-14-12(18-15-11)8-3-4-9-10(6-8)17-7-16-9/h3-4,6H,1-2,5,7,13H2. The average Bonchev–Trinajstić information content (AvgIpc) is 3.04. The minimum absolute atomic E-state index is 0.254. The van der Waals surface area contributed by atoms with Gasteiger partial charge in [0.25, 0.3) is 5.89 Å². The number of aromatic nitrogens is 2. The predicted octanol–water partition coefficient (Wildman–Crippen LogP) is 1.36. The molecule has 0 aliphatic carbocycles. The Labute approximate surface area is 104 Å². The first-order valence-corrected chi connectivity index (χ1v) is 5.79. The number of nitrogens with two attached hydrogens (primary N) is 1. The molecule has 18 heavy (non-hydrogen) atoms. The van der Waals surface area contributed by atoms with Crippen molar-refractivity contribution in [1.82, 2.24) is 10.1 Å². The van der Waals surface area contributed by atoms with Crippen molar-refractivity contribution in [2.75, 3.05) is 13.3 Å². The Bertz CT molecular complexity index is 553. The quantitative estimate of drug-likeness (QED) is 0.878. The molecule has 0 spiro atoms. The van der Waals surface area contributed by atoms with Crippen molar-refractivity contribution in [2.24, 2.45) is 5.73 Å². The third-order valence-electron chi connectivity index (χ3n) is 2.69. The molecule has 0 saturated heterocycles. The number of hydrogen-bond donors (Lipinski definition) is 1. The molecule has 6 heteroatoms. The molecule has 94 valence electrons. The number of ether oxygens (including phenoxy) is 2. The van der Waals surface area contributed by atoms with Crippen molar-refractivity contribution < 1.29 is 14.0 Å². The summed E-state index contributed by atoms with van der Waals surface area (Å²) in [5.74, 6) is 2.60. The summed E-state index contributed by atoms with van der Waals surface area (Å²) in [5.41, 5.74) is 6.26. The summed E-state index contributed by atoms with van der Waals surface area (Å²) in [5, 5.41) is 3.91. The lowest BCUT2D eigenvalue weighted by molar-refractivity contribution is 0.174. The van der Waals surface area contributed by atoms with Crippen LogP contribution >= 0.6 is 0 Å². The van der Waals surface area contributed by atoms with E-state index in [-0.39, 0.29) is 6.79 Å². The van der Waals surface area contributed by atoms with Gasteiger partial charge >= 0.3 is 0 Å². The van der Waals surface area contributed by atoms with Crippen molar-refractivity contribution in [3.63, 3.8) is 0 Å². The fourth-order valence-electron chi connectivity index (χ4n) is 1.76. The third-order valence-corrected chi connectivity index (χ3v) is 2.69. The Morgan fingerprint density at radius 2 is 2.11 bits per heavy atom. The van der Waals surface area contributed by atoms with Crippen molar-refractivity contribution in [2.45, 2.75) is 12.8 Å². The summed E-state index contributed by atoms with van der Waals surface area (Å²) in [6.45, 7) is 0.873. The first kappa shape index (κ1) is 11.0. The van der Waals surface area contributed by atoms with E-state index in [2.05, 4.69) is 10.1 Å². The highest BCUT2D eigenvalue weighted by molar-refractivity contribution is 5.60. The zero-order valence-electron chi connectivity index (χ0n) is 9.76. The third kappa shape index (κ3) is 2.02. The highest BCUT2D eigenvalue weighted by atomic mass is 16.7. The van der Waals surface area contributed by atoms with Gasteiger partial charge in [0.2, 0.25) is 6.79 Å². The molecule has 0 unspecified atom stereocenters. The second kappa shape index (κ2) is 4.66. The topological polar surface area (TPSA) is 83.4 Å². The van der Waals surface area contributed by atoms with E-state index in [1.165, 1.54) is 0 Å². The van der Waals surface area contributed by atoms with Gasteiger partial charge in [-0.25, -0.2) is 0 Å². The first-order valence-electron chi connectivity index (χ1n) is 5.79. The van der Waals surface area contributed by atoms with Crippen molar-refractivity contribution in [3.05, 3.63) is 24.0 Å². The molecule has 2 N–H and O–H groups in total. The number of nitrogens with zero attached hydrogens (tertiary/aromatic N) is 2. The highest BCUT2D eigenvalue weighted by Crippen LogP contribution is 2.35. The largest absolute Gasteiger partial charge is 0.454 e. The molecular weight excluding hydrogens is 234 g/mol. The second-order valence-corrected chi connectivity index (χ2v) is 3.98. The van der Waals surface area contributed by atoms with Gasteiger partial charge in [0, 0.05) is 12.0 Å². The summed E-state index contributed by atoms with van der Waals surface area (Å²) in [7, 11) is 0. The minimum atomic E-state index is 0.254. The summed E-state index contributed by atoms with van der Waals surface area (Å²) in [6.07, 6.45) is 1.57. The molecule has 0 bridgehead atoms. The van der Waals surface area contributed by atoms with Crippen LogP contribution in [0.3, 0.4) is 0 Å². The smallest absolute Gasteiger partial charge is 0.258 e. The van der Waals surface area contributed by atoms with Gasteiger partial charge in [-0.15, -0.1) is 0 Å². The van der Waals surface area contributed by atoms with Crippen LogP contribution in [0, 0.1) is 0 Å². The maximum atomic E-state index is 5.44. The zero-order valence-corrected chi connectivity index (χ0v) is 9.76. The molecule has 1 aromatic carbocycles. The van der Waals surface area contributed by atoms with Gasteiger partial charge in [0.05, 0.1) is 0 Å². The lowest BCUT2D eigenvalue weighted by atomic mass is 10.2. The molecular formula is C12H13N3O3. The lowest BCUT2D eigenvalue weighted by Crippen LogP contribution is -2.01. The van der Waals surface area contributed by atoms with Gasteiger partial charge in [-0.05, 0) is 31.2 Å². The van der Waals surface area contributed by atoms with Crippen LogP contribution in [-0.4, -0.2) is 23.5 Å². The number of rotatable bonds is 4. The van der Waals surface area contributed by atoms with Crippen molar-refractivity contribution in [3.8, 4) is 23.0 Å². The van der Waals surface area contributed by atoms with Crippen LogP contribution in [0.15, 0.2) is 22.7 Å². The van der Waals surface area contributed by atoms with E-state index in [0.29, 0.717) is 24.0 Å². The SMILES string of the molecule is NCCCc1noc(-c2ccc3c(c2)OCO3)n1. The molecule has 0 radical (unpaired) electrons. The van der Waals surface area contributed by atoms with E-state index in [0.717, 1.165) is 24.2 Å². The molecule has 6 nitrogen and oxygen atoms in total. The second-order valence-electron chi connectivity index (χ2n) is 3.98. The lowest BCUT2D eigenvalue weighted by Gasteiger charge is -1.97. The summed E-state index contributed by atoms with van der Waals surface area (Å²) >= 11 is 0. The van der Waals surface area contributed by atoms with Crippen LogP contribution in [0.25, 0.3) is 11.5 Å². The van der Waals surface area contributed by atoms with Crippen molar-refractivity contribution in [1.29, 1.82) is 0 Å². The predicted molar refractivity (Wildman–Crippen MR) is 63.2 cm³/mol. The van der Waals surface area contributed by atoms with Gasteiger partial charge in [-0.2, -0.15) is 4.98 Å². The van der Waals surface area contributed by atoms with E-state index < -0.39 is 0 Å². The fourth-order valence-corrected chi connectivity index (χ4v) is 1.76. The summed E-state index contributed by atoms with van der Waals surface area (Å²) < 4.78 is 15.8. The first-order chi connectivity index (χ1) is 8.86. The Morgan fingerprint density at radius 3 is 3.00 bits per heavy atom. The van der Waals surface area contributed by atoms with Crippen molar-refractivity contribution >= 4 is 0 Å². The summed E-state index contributed by atoms with van der Waals surface area (Å²) in [4.78, 5) is 4.31. The molecule has 0 fully saturated rings. The van der Waals surface area contributed by atoms with Crippen LogP contribution < -0.4 is 15.2 Å². The van der Waals surface area contributed by atoms with E-state index in [9.17, 15) is 0 Å². The van der Waals surface area contributed by atoms with E-state index in [1.54, 1.807) is 0 Å². The molecule has 3 rings (SSSR count). The van der Waals surface area contributed by atoms with Crippen LogP contribution in [0.1, 0.15) is 12.2 Å². The Hall–Kier alpha value is -2.08. The normalized spacial score (nSPS) is 12.9. The average molecular weight is 247 g/mol.